The second kappa shape index (κ2) is 4.84. The van der Waals surface area contributed by atoms with E-state index in [9.17, 15) is 9.90 Å². The SMILES string of the molecule is COCC1O[C@@H](C=O)C(N)C(O)[C@@H]1C. The highest BCUT2D eigenvalue weighted by atomic mass is 16.5. The van der Waals surface area contributed by atoms with E-state index in [4.69, 9.17) is 15.2 Å². The first-order chi connectivity index (χ1) is 6.61. The molecule has 1 heterocycles. The predicted molar refractivity (Wildman–Crippen MR) is 49.7 cm³/mol. The fourth-order valence-electron chi connectivity index (χ4n) is 1.66. The summed E-state index contributed by atoms with van der Waals surface area (Å²) in [5.74, 6) is -0.124. The van der Waals surface area contributed by atoms with Gasteiger partial charge in [-0.1, -0.05) is 6.92 Å². The van der Waals surface area contributed by atoms with Crippen molar-refractivity contribution >= 4 is 6.29 Å². The molecule has 1 aliphatic heterocycles. The summed E-state index contributed by atoms with van der Waals surface area (Å²) in [6, 6.07) is -0.643. The van der Waals surface area contributed by atoms with E-state index < -0.39 is 18.2 Å². The largest absolute Gasteiger partial charge is 0.391 e. The zero-order chi connectivity index (χ0) is 10.7. The summed E-state index contributed by atoms with van der Waals surface area (Å²) in [6.45, 7) is 2.19. The molecule has 0 aromatic rings. The number of aldehydes is 1. The van der Waals surface area contributed by atoms with Crippen LogP contribution in [-0.2, 0) is 14.3 Å². The van der Waals surface area contributed by atoms with E-state index in [0.717, 1.165) is 0 Å². The van der Waals surface area contributed by atoms with Gasteiger partial charge in [0.15, 0.2) is 0 Å². The molecule has 0 bridgehead atoms. The summed E-state index contributed by atoms with van der Waals surface area (Å²) in [4.78, 5) is 10.6. The molecule has 0 aliphatic carbocycles. The number of carbonyl (C=O) groups is 1. The van der Waals surface area contributed by atoms with Crippen LogP contribution in [0.4, 0.5) is 0 Å². The smallest absolute Gasteiger partial charge is 0.150 e. The van der Waals surface area contributed by atoms with E-state index in [-0.39, 0.29) is 12.0 Å². The highest BCUT2D eigenvalue weighted by Gasteiger charge is 2.40. The van der Waals surface area contributed by atoms with Crippen LogP contribution in [0.25, 0.3) is 0 Å². The van der Waals surface area contributed by atoms with Crippen LogP contribution in [0.1, 0.15) is 6.92 Å². The van der Waals surface area contributed by atoms with E-state index in [1.165, 1.54) is 0 Å². The van der Waals surface area contributed by atoms with Crippen molar-refractivity contribution in [2.24, 2.45) is 11.7 Å². The van der Waals surface area contributed by atoms with E-state index in [1.54, 1.807) is 7.11 Å². The minimum absolute atomic E-state index is 0.124. The fourth-order valence-corrected chi connectivity index (χ4v) is 1.66. The average molecular weight is 203 g/mol. The molecule has 3 N–H and O–H groups in total. The predicted octanol–water partition coefficient (Wildman–Crippen LogP) is -1.08. The maximum absolute atomic E-state index is 10.6. The number of carbonyl (C=O) groups excluding carboxylic acids is 1. The number of methoxy groups -OCH3 is 1. The van der Waals surface area contributed by atoms with Gasteiger partial charge in [0.2, 0.25) is 0 Å². The Hall–Kier alpha value is -0.490. The number of nitrogens with two attached hydrogens (primary N) is 1. The maximum Gasteiger partial charge on any atom is 0.150 e. The summed E-state index contributed by atoms with van der Waals surface area (Å²) in [6.07, 6.45) is -1.10. The molecule has 14 heavy (non-hydrogen) atoms. The van der Waals surface area contributed by atoms with E-state index in [2.05, 4.69) is 0 Å². The normalized spacial score (nSPS) is 43.6. The van der Waals surface area contributed by atoms with Gasteiger partial charge in [-0.15, -0.1) is 0 Å². The Bertz CT molecular complexity index is 199. The molecule has 0 spiro atoms. The molecule has 0 saturated carbocycles. The second-order valence-corrected chi connectivity index (χ2v) is 3.66. The molecular weight excluding hydrogens is 186 g/mol. The monoisotopic (exact) mass is 203 g/mol. The molecule has 5 nitrogen and oxygen atoms in total. The quantitative estimate of drug-likeness (QED) is 0.570. The molecule has 0 aromatic heterocycles. The first-order valence-electron chi connectivity index (χ1n) is 4.65. The lowest BCUT2D eigenvalue weighted by Gasteiger charge is -2.40. The highest BCUT2D eigenvalue weighted by molar-refractivity contribution is 5.58. The van der Waals surface area contributed by atoms with Gasteiger partial charge >= 0.3 is 0 Å². The van der Waals surface area contributed by atoms with Gasteiger partial charge < -0.3 is 25.1 Å². The van der Waals surface area contributed by atoms with Crippen LogP contribution < -0.4 is 5.73 Å². The van der Waals surface area contributed by atoms with E-state index >= 15 is 0 Å². The highest BCUT2D eigenvalue weighted by Crippen LogP contribution is 2.24. The van der Waals surface area contributed by atoms with Gasteiger partial charge in [-0.2, -0.15) is 0 Å². The lowest BCUT2D eigenvalue weighted by Crippen LogP contribution is -2.59. The summed E-state index contributed by atoms with van der Waals surface area (Å²) < 4.78 is 10.3. The van der Waals surface area contributed by atoms with Crippen LogP contribution >= 0.6 is 0 Å². The molecule has 5 heteroatoms. The van der Waals surface area contributed by atoms with Gasteiger partial charge in [0, 0.05) is 13.0 Å². The Labute approximate surface area is 83.2 Å². The van der Waals surface area contributed by atoms with Crippen LogP contribution in [-0.4, -0.2) is 49.5 Å². The van der Waals surface area contributed by atoms with Gasteiger partial charge in [-0.25, -0.2) is 0 Å². The molecular formula is C9H17NO4. The Balaban J connectivity index is 2.67. The number of rotatable bonds is 3. The molecule has 1 saturated heterocycles. The first-order valence-corrected chi connectivity index (χ1v) is 4.65. The number of aliphatic hydroxyl groups is 1. The van der Waals surface area contributed by atoms with Crippen molar-refractivity contribution < 1.29 is 19.4 Å². The molecule has 0 aromatic carbocycles. The Morgan fingerprint density at radius 1 is 1.64 bits per heavy atom. The number of hydrogen-bond donors (Lipinski definition) is 2. The van der Waals surface area contributed by atoms with Crippen molar-refractivity contribution in [2.75, 3.05) is 13.7 Å². The third-order valence-electron chi connectivity index (χ3n) is 2.70. The standard InChI is InChI=1S/C9H17NO4/c1-5-7(4-13-2)14-6(3-11)8(10)9(5)12/h3,5-9,12H,4,10H2,1-2H3/t5-,6+,7?,8?,9?/m1/s1. The molecule has 5 atom stereocenters. The zero-order valence-electron chi connectivity index (χ0n) is 8.42. The topological polar surface area (TPSA) is 81.8 Å². The van der Waals surface area contributed by atoms with Crippen molar-refractivity contribution in [1.82, 2.24) is 0 Å². The molecule has 1 aliphatic rings. The lowest BCUT2D eigenvalue weighted by atomic mass is 9.87. The van der Waals surface area contributed by atoms with Crippen molar-refractivity contribution in [1.29, 1.82) is 0 Å². The van der Waals surface area contributed by atoms with Crippen molar-refractivity contribution in [3.63, 3.8) is 0 Å². The number of ether oxygens (including phenoxy) is 2. The minimum atomic E-state index is -0.735. The van der Waals surface area contributed by atoms with Crippen LogP contribution in [0.3, 0.4) is 0 Å². The zero-order valence-corrected chi connectivity index (χ0v) is 8.42. The van der Waals surface area contributed by atoms with Gasteiger partial charge in [0.05, 0.1) is 24.9 Å². The van der Waals surface area contributed by atoms with Crippen molar-refractivity contribution in [3.8, 4) is 0 Å². The minimum Gasteiger partial charge on any atom is -0.391 e. The van der Waals surface area contributed by atoms with Crippen LogP contribution in [0, 0.1) is 5.92 Å². The summed E-state index contributed by atoms with van der Waals surface area (Å²) in [5.41, 5.74) is 5.63. The lowest BCUT2D eigenvalue weighted by molar-refractivity contribution is -0.163. The van der Waals surface area contributed by atoms with Gasteiger partial charge in [-0.3, -0.25) is 0 Å². The van der Waals surface area contributed by atoms with Crippen LogP contribution in [0.15, 0.2) is 0 Å². The van der Waals surface area contributed by atoms with Crippen LogP contribution in [0.2, 0.25) is 0 Å². The Kier molecular flexibility index (Phi) is 4.00. The molecule has 82 valence electrons. The third kappa shape index (κ3) is 2.12. The summed E-state index contributed by atoms with van der Waals surface area (Å²) >= 11 is 0. The maximum atomic E-state index is 10.6. The summed E-state index contributed by atoms with van der Waals surface area (Å²) in [5, 5.41) is 9.73. The van der Waals surface area contributed by atoms with Gasteiger partial charge in [0.25, 0.3) is 0 Å². The van der Waals surface area contributed by atoms with Crippen LogP contribution in [0.5, 0.6) is 0 Å². The average Bonchev–Trinajstić information content (AvgIpc) is 2.19. The molecule has 3 unspecified atom stereocenters. The third-order valence-corrected chi connectivity index (χ3v) is 2.70. The van der Waals surface area contributed by atoms with Crippen molar-refractivity contribution in [3.05, 3.63) is 0 Å². The van der Waals surface area contributed by atoms with Gasteiger partial charge in [-0.05, 0) is 0 Å². The van der Waals surface area contributed by atoms with E-state index in [1.807, 2.05) is 6.92 Å². The molecule has 0 radical (unpaired) electrons. The fraction of sp³-hybridized carbons (Fsp3) is 0.889. The molecule has 1 fully saturated rings. The summed E-state index contributed by atoms with van der Waals surface area (Å²) in [7, 11) is 1.55. The Morgan fingerprint density at radius 3 is 2.79 bits per heavy atom. The first kappa shape index (κ1) is 11.6. The molecule has 0 amide bonds. The van der Waals surface area contributed by atoms with E-state index in [0.29, 0.717) is 12.9 Å². The number of aliphatic hydroxyl groups excluding tert-OH is 1. The second-order valence-electron chi connectivity index (χ2n) is 3.66. The van der Waals surface area contributed by atoms with Crippen molar-refractivity contribution in [2.45, 2.75) is 31.3 Å². The van der Waals surface area contributed by atoms with Gasteiger partial charge in [0.1, 0.15) is 12.4 Å². The molecule has 1 rings (SSSR count). The Morgan fingerprint density at radius 2 is 2.29 bits per heavy atom. The number of hydrogen-bond acceptors (Lipinski definition) is 5.